The summed E-state index contributed by atoms with van der Waals surface area (Å²) < 4.78 is 303. The second-order valence-corrected chi connectivity index (χ2v) is 47.3. The van der Waals surface area contributed by atoms with Gasteiger partial charge in [-0.1, -0.05) is 69.0 Å². The molecule has 3 saturated carbocycles. The van der Waals surface area contributed by atoms with Gasteiger partial charge in [0.05, 0.1) is 84.2 Å². The first kappa shape index (κ1) is 91.7. The van der Waals surface area contributed by atoms with Gasteiger partial charge in [-0.05, 0) is 181 Å². The van der Waals surface area contributed by atoms with E-state index in [1.807, 2.05) is 0 Å². The van der Waals surface area contributed by atoms with Crippen LogP contribution in [0.1, 0.15) is 120 Å². The minimum Gasteiger partial charge on any atom is -0.360 e. The quantitative estimate of drug-likeness (QED) is 0.0283. The zero-order chi connectivity index (χ0) is 79.9. The van der Waals surface area contributed by atoms with Crippen LogP contribution in [0, 0.1) is 52.7 Å². The summed E-state index contributed by atoms with van der Waals surface area (Å²) in [4.78, 5) is -1.10. The third-order valence-electron chi connectivity index (χ3n) is 19.0. The topological polar surface area (TPSA) is 204 Å². The number of aromatic nitrogens is 6. The van der Waals surface area contributed by atoms with E-state index in [1.54, 1.807) is 12.4 Å². The van der Waals surface area contributed by atoms with Crippen molar-refractivity contribution in [3.8, 4) is 33.8 Å². The van der Waals surface area contributed by atoms with Crippen LogP contribution in [-0.2, 0) is 71.5 Å². The van der Waals surface area contributed by atoms with E-state index in [-0.39, 0.29) is 114 Å². The molecule has 5 heterocycles. The van der Waals surface area contributed by atoms with Crippen molar-refractivity contribution in [3.05, 3.63) is 201 Å². The van der Waals surface area contributed by atoms with E-state index in [2.05, 4.69) is 80.3 Å². The van der Waals surface area contributed by atoms with Crippen LogP contribution in [0.15, 0.2) is 147 Å². The molecule has 9 aromatic rings. The fourth-order valence-electron chi connectivity index (χ4n) is 12.8. The third kappa shape index (κ3) is 20.2. The van der Waals surface area contributed by atoms with Gasteiger partial charge in [0.1, 0.15) is 13.5 Å². The lowest BCUT2D eigenvalue weighted by Gasteiger charge is -2.37. The fourth-order valence-corrected chi connectivity index (χ4v) is 19.5. The summed E-state index contributed by atoms with van der Waals surface area (Å²) >= 11 is 3.26. The summed E-state index contributed by atoms with van der Waals surface area (Å²) in [6, 6.07) is 14.3. The number of benzene rings is 6. The first-order valence-corrected chi connectivity index (χ1v) is 47.0. The largest absolute Gasteiger partial charge is 0.416 e. The van der Waals surface area contributed by atoms with Crippen molar-refractivity contribution in [2.24, 2.45) is 17.8 Å². The molecule has 0 saturated heterocycles. The number of sulfonamides is 3. The Morgan fingerprint density at radius 1 is 0.500 bits per heavy atom. The number of rotatable bonds is 22. The normalized spacial score (nSPS) is 16.5. The number of hydrogen-bond acceptors (Lipinski definition) is 11. The number of hydrogen-bond donors (Lipinski definition) is 2. The van der Waals surface area contributed by atoms with E-state index in [0.717, 1.165) is 93.5 Å². The van der Waals surface area contributed by atoms with Crippen LogP contribution in [0.25, 0.3) is 33.8 Å². The summed E-state index contributed by atoms with van der Waals surface area (Å²) in [5, 5.41) is 15.8. The van der Waals surface area contributed by atoms with Crippen molar-refractivity contribution >= 4 is 73.5 Å². The van der Waals surface area contributed by atoms with Gasteiger partial charge in [-0.2, -0.15) is 54.8 Å². The van der Waals surface area contributed by atoms with Gasteiger partial charge in [0, 0.05) is 91.7 Å². The molecule has 3 aliphatic carbocycles. The Morgan fingerprint density at radius 2 is 0.877 bits per heavy atom. The van der Waals surface area contributed by atoms with Crippen LogP contribution in [0.4, 0.5) is 77.2 Å². The SMILES string of the molecule is C.C.C.C.C[Si](C)(C)CCOCn1cc(C(NS(=O)(=O)c2ccc(C(F)(F)F)cc2)C2CC2)c(-c2cc(F)c(F)cc2Br)n1.C[Si](C)(C)CCOCn1cc2c(n1)-c1cc(F)c(F)cc1N(S(=O)(=O)c1ccc(C(F)(F)F)cc1)C2C1CC1.O=S(=O)(c1ccc(C(F)(F)F)cc1)N1c2cc(F)c(F)cc2-c2[nH]ncc2C1C1CC1. The van der Waals surface area contributed by atoms with Crippen molar-refractivity contribution < 1.29 is 101 Å². The van der Waals surface area contributed by atoms with E-state index < -0.39 is 134 Å². The van der Waals surface area contributed by atoms with Crippen LogP contribution < -0.4 is 13.3 Å². The molecule has 0 bridgehead atoms. The molecule has 0 amide bonds. The maximum Gasteiger partial charge on any atom is 0.416 e. The minimum atomic E-state index is -4.64. The number of nitrogens with one attached hydrogen (secondary N) is 2. The molecule has 3 atom stereocenters. The highest BCUT2D eigenvalue weighted by atomic mass is 79.9. The molecule has 3 unspecified atom stereocenters. The highest BCUT2D eigenvalue weighted by Gasteiger charge is 2.51. The smallest absolute Gasteiger partial charge is 0.360 e. The van der Waals surface area contributed by atoms with E-state index in [9.17, 15) is 91.1 Å². The molecule has 6 aromatic carbocycles. The molecule has 0 radical (unpaired) electrons. The van der Waals surface area contributed by atoms with E-state index in [1.165, 1.54) is 15.6 Å². The van der Waals surface area contributed by atoms with Gasteiger partial charge in [0.2, 0.25) is 10.0 Å². The van der Waals surface area contributed by atoms with Crippen LogP contribution in [0.5, 0.6) is 0 Å². The Kier molecular flexibility index (Phi) is 27.6. The van der Waals surface area contributed by atoms with Crippen molar-refractivity contribution in [1.29, 1.82) is 0 Å². The fraction of sp³-hybridized carbons (Fsp3) is 0.408. The molecule has 2 N–H and O–H groups in total. The lowest BCUT2D eigenvalue weighted by Crippen LogP contribution is -2.38. The van der Waals surface area contributed by atoms with Gasteiger partial charge in [0.25, 0.3) is 20.0 Å². The number of anilines is 2. The molecule has 3 fully saturated rings. The van der Waals surface area contributed by atoms with Gasteiger partial charge in [-0.25, -0.2) is 65.7 Å². The Bertz CT molecular complexity index is 5290. The summed E-state index contributed by atoms with van der Waals surface area (Å²) in [5.74, 6) is -7.30. The second-order valence-electron chi connectivity index (χ2n) is 29.8. The first-order valence-electron chi connectivity index (χ1n) is 34.4. The van der Waals surface area contributed by atoms with E-state index >= 15 is 0 Å². The molecule has 38 heteroatoms. The average Bonchev–Trinajstić information content (AvgIpc) is 1.55. The molecular formula is C76H87BrF15N9O8S3Si2. The Balaban J connectivity index is 0.000000212. The number of fused-ring (bicyclic) bond motifs is 6. The van der Waals surface area contributed by atoms with Gasteiger partial charge < -0.3 is 9.47 Å². The first-order chi connectivity index (χ1) is 51.3. The standard InChI is InChI=1S/C26H29BrF5N3O3SSi.C26H28F5N3O3SSi.C20H14F5N3O2S.4CH4/c1-40(2,3)11-10-38-15-35-14-20(25(33-35)19-12-22(28)23(29)13-21(19)27)24(16-4-5-16)34-39(36,37)18-8-6-17(7-9-18)26(30,31)32;1-39(2,3)11-10-37-15-33-14-20-24(32-33)19-12-21(27)22(28)13-23(19)34(25(20)16-4-5-16)38(35,36)18-8-6-17(7-9-18)26(29,30)31;21-15-7-13-17(8-16(15)22)28(19(10-1-2-10)14-9-26-27-18(13)14)31(29,30)12-5-3-11(4-6-12)20(23,24)25;;;;/h6-9,12-14,16,24,34H,4-5,10-11,15H2,1-3H3;6-9,12-14,16,25H,4-5,10-11,15H2,1-3H3;3-10,19H,1-2H2,(H,26,27);4*1H4. The van der Waals surface area contributed by atoms with Gasteiger partial charge in [0.15, 0.2) is 34.9 Å². The van der Waals surface area contributed by atoms with Crippen molar-refractivity contribution in [3.63, 3.8) is 0 Å². The molecule has 5 aliphatic rings. The van der Waals surface area contributed by atoms with Crippen molar-refractivity contribution in [2.75, 3.05) is 21.8 Å². The monoisotopic (exact) mass is 1770 g/mol. The van der Waals surface area contributed by atoms with Crippen LogP contribution in [0.3, 0.4) is 0 Å². The summed E-state index contributed by atoms with van der Waals surface area (Å²) in [6.07, 6.45) is -4.96. The molecule has 2 aliphatic heterocycles. The number of ether oxygens (including phenoxy) is 2. The maximum absolute atomic E-state index is 14.5. The number of alkyl halides is 9. The second kappa shape index (κ2) is 34.4. The van der Waals surface area contributed by atoms with Crippen LogP contribution in [0.2, 0.25) is 51.4 Å². The lowest BCUT2D eigenvalue weighted by atomic mass is 9.93. The van der Waals surface area contributed by atoms with Gasteiger partial charge in [-0.3, -0.25) is 13.7 Å². The highest BCUT2D eigenvalue weighted by Crippen LogP contribution is 2.58. The molecular weight excluding hydrogens is 1680 g/mol. The Hall–Kier alpha value is -7.86. The maximum atomic E-state index is 14.5. The zero-order valence-corrected chi connectivity index (χ0v) is 65.3. The molecule has 17 nitrogen and oxygen atoms in total. The van der Waals surface area contributed by atoms with Gasteiger partial charge >= 0.3 is 18.5 Å². The summed E-state index contributed by atoms with van der Waals surface area (Å²) in [6.45, 7) is 14.5. The summed E-state index contributed by atoms with van der Waals surface area (Å²) in [7, 11) is -15.8. The zero-order valence-electron chi connectivity index (χ0n) is 59.2. The van der Waals surface area contributed by atoms with E-state index in [0.29, 0.717) is 116 Å². The summed E-state index contributed by atoms with van der Waals surface area (Å²) in [5.41, 5.74) is -0.355. The predicted octanol–water partition coefficient (Wildman–Crippen LogP) is 21.7. The number of halogens is 16. The van der Waals surface area contributed by atoms with Crippen molar-refractivity contribution in [1.82, 2.24) is 34.5 Å². The number of nitrogens with zero attached hydrogens (tertiary/aromatic N) is 7. The predicted molar refractivity (Wildman–Crippen MR) is 412 cm³/mol. The van der Waals surface area contributed by atoms with E-state index in [4.69, 9.17) is 9.47 Å². The number of H-pyrrole nitrogens is 1. The minimum absolute atomic E-state index is 0. The van der Waals surface area contributed by atoms with Crippen LogP contribution >= 0.6 is 15.9 Å². The Morgan fingerprint density at radius 3 is 1.30 bits per heavy atom. The lowest BCUT2D eigenvalue weighted by molar-refractivity contribution is -0.138. The average molecular weight is 1770 g/mol. The number of aromatic amines is 1. The highest BCUT2D eigenvalue weighted by molar-refractivity contribution is 9.10. The van der Waals surface area contributed by atoms with Crippen LogP contribution in [-0.4, -0.2) is 84.4 Å². The molecule has 14 rings (SSSR count). The molecule has 114 heavy (non-hydrogen) atoms. The molecule has 3 aromatic heterocycles. The van der Waals surface area contributed by atoms with Crippen molar-refractivity contribution in [2.45, 2.75) is 184 Å². The van der Waals surface area contributed by atoms with Gasteiger partial charge in [-0.15, -0.1) is 0 Å². The molecule has 0 spiro atoms. The Labute approximate surface area is 663 Å². The third-order valence-corrected chi connectivity index (χ3v) is 28.1. The molecule has 622 valence electrons.